The number of nitrogens with one attached hydrogen (secondary N) is 1. The fourth-order valence-electron chi connectivity index (χ4n) is 3.72. The number of esters is 1. The summed E-state index contributed by atoms with van der Waals surface area (Å²) in [6, 6.07) is 10.9. The van der Waals surface area contributed by atoms with Crippen molar-refractivity contribution in [3.63, 3.8) is 0 Å². The number of ether oxygens (including phenoxy) is 2. The molecule has 6 heteroatoms. The molecule has 164 valence electrons. The Bertz CT molecular complexity index is 1040. The lowest BCUT2D eigenvalue weighted by molar-refractivity contribution is -0.139. The normalized spacial score (nSPS) is 16.3. The maximum absolute atomic E-state index is 13.0. The van der Waals surface area contributed by atoms with Crippen LogP contribution < -0.4 is 10.1 Å². The smallest absolute Gasteiger partial charge is 0.338 e. The van der Waals surface area contributed by atoms with E-state index in [-0.39, 0.29) is 19.2 Å². The van der Waals surface area contributed by atoms with Gasteiger partial charge in [0.05, 0.1) is 23.9 Å². The highest BCUT2D eigenvalue weighted by Crippen LogP contribution is 2.33. The zero-order valence-electron chi connectivity index (χ0n) is 19.0. The van der Waals surface area contributed by atoms with E-state index >= 15 is 0 Å². The highest BCUT2D eigenvalue weighted by atomic mass is 16.5. The summed E-state index contributed by atoms with van der Waals surface area (Å²) in [5.74, 6) is 0.222. The molecule has 6 nitrogen and oxygen atoms in total. The van der Waals surface area contributed by atoms with Gasteiger partial charge in [0.1, 0.15) is 12.4 Å². The van der Waals surface area contributed by atoms with Gasteiger partial charge in [0, 0.05) is 7.05 Å². The molecule has 1 aliphatic rings. The average molecular weight is 423 g/mol. The molecule has 0 saturated carbocycles. The van der Waals surface area contributed by atoms with Gasteiger partial charge in [-0.1, -0.05) is 29.8 Å². The van der Waals surface area contributed by atoms with Gasteiger partial charge in [0.15, 0.2) is 0 Å². The molecule has 2 amide bonds. The molecule has 0 saturated heterocycles. The van der Waals surface area contributed by atoms with Crippen molar-refractivity contribution in [2.45, 2.75) is 40.7 Å². The summed E-state index contributed by atoms with van der Waals surface area (Å²) in [4.78, 5) is 27.2. The molecule has 2 aromatic rings. The molecule has 0 radical (unpaired) electrons. The van der Waals surface area contributed by atoms with Crippen molar-refractivity contribution in [2.75, 3.05) is 20.3 Å². The van der Waals surface area contributed by atoms with Crippen LogP contribution in [-0.4, -0.2) is 37.2 Å². The first kappa shape index (κ1) is 22.4. The maximum Gasteiger partial charge on any atom is 0.338 e. The number of benzene rings is 2. The summed E-state index contributed by atoms with van der Waals surface area (Å²) in [6.07, 6.45) is 0. The fourth-order valence-corrected chi connectivity index (χ4v) is 3.72. The van der Waals surface area contributed by atoms with Crippen LogP contribution in [0.2, 0.25) is 0 Å². The lowest BCUT2D eigenvalue weighted by Crippen LogP contribution is -2.48. The van der Waals surface area contributed by atoms with Crippen molar-refractivity contribution in [3.05, 3.63) is 75.5 Å². The van der Waals surface area contributed by atoms with Crippen LogP contribution in [0.4, 0.5) is 4.79 Å². The summed E-state index contributed by atoms with van der Waals surface area (Å²) in [5.41, 5.74) is 6.12. The Morgan fingerprint density at radius 2 is 1.77 bits per heavy atom. The zero-order chi connectivity index (χ0) is 22.7. The second-order valence-electron chi connectivity index (χ2n) is 7.92. The van der Waals surface area contributed by atoms with Gasteiger partial charge in [-0.2, -0.15) is 0 Å². The molecule has 2 aromatic carbocycles. The lowest BCUT2D eigenvalue weighted by atomic mass is 9.91. The predicted octanol–water partition coefficient (Wildman–Crippen LogP) is 4.51. The number of hydrogen-bond donors (Lipinski definition) is 1. The van der Waals surface area contributed by atoms with E-state index in [1.54, 1.807) is 14.0 Å². The van der Waals surface area contributed by atoms with Gasteiger partial charge in [-0.25, -0.2) is 9.59 Å². The van der Waals surface area contributed by atoms with Gasteiger partial charge < -0.3 is 14.8 Å². The number of amides is 2. The number of carbonyl (C=O) groups is 2. The first-order chi connectivity index (χ1) is 14.7. The number of rotatable bonds is 6. The van der Waals surface area contributed by atoms with Gasteiger partial charge in [0.25, 0.3) is 0 Å². The van der Waals surface area contributed by atoms with Crippen LogP contribution in [-0.2, 0) is 9.53 Å². The van der Waals surface area contributed by atoms with Crippen LogP contribution >= 0.6 is 0 Å². The molecule has 0 bridgehead atoms. The maximum atomic E-state index is 13.0. The van der Waals surface area contributed by atoms with Gasteiger partial charge in [-0.05, 0) is 69.0 Å². The Morgan fingerprint density at radius 3 is 2.42 bits per heavy atom. The van der Waals surface area contributed by atoms with E-state index in [0.717, 1.165) is 22.3 Å². The summed E-state index contributed by atoms with van der Waals surface area (Å²) in [6.45, 7) is 10.1. The highest BCUT2D eigenvalue weighted by Gasteiger charge is 2.37. The van der Waals surface area contributed by atoms with Crippen molar-refractivity contribution in [3.8, 4) is 5.75 Å². The van der Waals surface area contributed by atoms with Crippen molar-refractivity contribution in [2.24, 2.45) is 0 Å². The molecule has 1 atom stereocenters. The summed E-state index contributed by atoms with van der Waals surface area (Å²) >= 11 is 0. The van der Waals surface area contributed by atoms with E-state index < -0.39 is 12.0 Å². The first-order valence-electron chi connectivity index (χ1n) is 10.4. The van der Waals surface area contributed by atoms with Crippen LogP contribution in [0.5, 0.6) is 5.75 Å². The predicted molar refractivity (Wildman–Crippen MR) is 120 cm³/mol. The Balaban J connectivity index is 2.06. The van der Waals surface area contributed by atoms with Crippen LogP contribution in [0.3, 0.4) is 0 Å². The minimum absolute atomic E-state index is 0.0714. The molecule has 31 heavy (non-hydrogen) atoms. The number of urea groups is 1. The van der Waals surface area contributed by atoms with E-state index in [9.17, 15) is 9.59 Å². The molecule has 1 aliphatic heterocycles. The number of nitrogens with zero attached hydrogens (tertiary/aromatic N) is 1. The third kappa shape index (κ3) is 4.74. The molecule has 1 unspecified atom stereocenters. The SMILES string of the molecule is CCOC(=O)C1=C(COc2ccc(C)c(C)c2)N(C)C(=O)NC1c1ccc(C)cc1C. The number of likely N-dealkylation sites (N-methyl/N-ethyl adjacent to an activating group) is 1. The van der Waals surface area contributed by atoms with Crippen LogP contribution in [0.25, 0.3) is 0 Å². The van der Waals surface area contributed by atoms with Gasteiger partial charge in [-0.15, -0.1) is 0 Å². The van der Waals surface area contributed by atoms with E-state index in [1.807, 2.05) is 64.1 Å². The second-order valence-corrected chi connectivity index (χ2v) is 7.92. The van der Waals surface area contributed by atoms with Crippen molar-refractivity contribution < 1.29 is 19.1 Å². The van der Waals surface area contributed by atoms with Crippen molar-refractivity contribution >= 4 is 12.0 Å². The molecule has 1 heterocycles. The Labute approximate surface area is 183 Å². The van der Waals surface area contributed by atoms with Crippen LogP contribution in [0.15, 0.2) is 47.7 Å². The molecule has 0 spiro atoms. The summed E-state index contributed by atoms with van der Waals surface area (Å²) in [5, 5.41) is 2.95. The molecule has 0 aromatic heterocycles. The van der Waals surface area contributed by atoms with E-state index in [4.69, 9.17) is 9.47 Å². The zero-order valence-corrected chi connectivity index (χ0v) is 19.0. The number of aryl methyl sites for hydroxylation is 4. The fraction of sp³-hybridized carbons (Fsp3) is 0.360. The van der Waals surface area contributed by atoms with Crippen LogP contribution in [0.1, 0.15) is 40.8 Å². The minimum Gasteiger partial charge on any atom is -0.487 e. The third-order valence-corrected chi connectivity index (χ3v) is 5.66. The lowest BCUT2D eigenvalue weighted by Gasteiger charge is -2.35. The van der Waals surface area contributed by atoms with Crippen molar-refractivity contribution in [1.82, 2.24) is 10.2 Å². The van der Waals surface area contributed by atoms with Crippen molar-refractivity contribution in [1.29, 1.82) is 0 Å². The highest BCUT2D eigenvalue weighted by molar-refractivity contribution is 5.95. The van der Waals surface area contributed by atoms with Gasteiger partial charge >= 0.3 is 12.0 Å². The summed E-state index contributed by atoms with van der Waals surface area (Å²) < 4.78 is 11.4. The van der Waals surface area contributed by atoms with Gasteiger partial charge in [-0.3, -0.25) is 4.90 Å². The van der Waals surface area contributed by atoms with E-state index in [1.165, 1.54) is 10.5 Å². The monoisotopic (exact) mass is 422 g/mol. The standard InChI is InChI=1S/C25H30N2O4/c1-7-30-24(28)22-21(14-31-19-10-9-16(3)17(4)13-19)27(6)25(29)26-23(22)20-11-8-15(2)12-18(20)5/h8-13,23H,7,14H2,1-6H3,(H,26,29). The quantitative estimate of drug-likeness (QED) is 0.696. The first-order valence-corrected chi connectivity index (χ1v) is 10.4. The Kier molecular flexibility index (Phi) is 6.68. The third-order valence-electron chi connectivity index (χ3n) is 5.66. The van der Waals surface area contributed by atoms with Crippen LogP contribution in [0, 0.1) is 27.7 Å². The number of carbonyl (C=O) groups excluding carboxylic acids is 2. The molecular weight excluding hydrogens is 392 g/mol. The topological polar surface area (TPSA) is 67.9 Å². The second kappa shape index (κ2) is 9.25. The number of hydrogen-bond acceptors (Lipinski definition) is 4. The minimum atomic E-state index is -0.610. The average Bonchev–Trinajstić information content (AvgIpc) is 2.71. The Morgan fingerprint density at radius 1 is 1.03 bits per heavy atom. The summed E-state index contributed by atoms with van der Waals surface area (Å²) in [7, 11) is 1.63. The largest absolute Gasteiger partial charge is 0.487 e. The van der Waals surface area contributed by atoms with Gasteiger partial charge in [0.2, 0.25) is 0 Å². The molecular formula is C25H30N2O4. The molecule has 1 N–H and O–H groups in total. The van der Waals surface area contributed by atoms with E-state index in [0.29, 0.717) is 17.0 Å². The molecule has 3 rings (SSSR count). The van der Waals surface area contributed by atoms with E-state index in [2.05, 4.69) is 5.32 Å². The Hall–Kier alpha value is -3.28. The molecule has 0 aliphatic carbocycles. The molecule has 0 fully saturated rings.